The third kappa shape index (κ3) is 4.93. The summed E-state index contributed by atoms with van der Waals surface area (Å²) in [6, 6.07) is 9.20. The first kappa shape index (κ1) is 19.2. The van der Waals surface area contributed by atoms with Crippen molar-refractivity contribution in [3.63, 3.8) is 0 Å². The molecule has 2 aromatic carbocycles. The highest BCUT2D eigenvalue weighted by Crippen LogP contribution is 2.22. The van der Waals surface area contributed by atoms with Gasteiger partial charge in [-0.25, -0.2) is 12.8 Å². The van der Waals surface area contributed by atoms with E-state index in [9.17, 15) is 17.6 Å². The molecule has 2 N–H and O–H groups in total. The predicted molar refractivity (Wildman–Crippen MR) is 95.9 cm³/mol. The zero-order chi connectivity index (χ0) is 18.6. The van der Waals surface area contributed by atoms with Crippen LogP contribution in [0.25, 0.3) is 0 Å². The van der Waals surface area contributed by atoms with Crippen LogP contribution in [0, 0.1) is 5.82 Å². The Morgan fingerprint density at radius 2 is 1.84 bits per heavy atom. The number of benzene rings is 2. The molecule has 0 saturated heterocycles. The van der Waals surface area contributed by atoms with Crippen LogP contribution in [0.4, 0.5) is 10.1 Å². The lowest BCUT2D eigenvalue weighted by molar-refractivity contribution is 0.0939. The van der Waals surface area contributed by atoms with Gasteiger partial charge in [0.1, 0.15) is 5.82 Å². The first-order chi connectivity index (χ1) is 11.7. The second-order valence-electron chi connectivity index (χ2n) is 5.54. The van der Waals surface area contributed by atoms with Gasteiger partial charge in [0.15, 0.2) is 0 Å². The first-order valence-electron chi connectivity index (χ1n) is 7.61. The number of hydrogen-bond acceptors (Lipinski definition) is 3. The normalized spacial score (nSPS) is 12.5. The Morgan fingerprint density at radius 3 is 2.40 bits per heavy atom. The molecule has 2 aromatic rings. The van der Waals surface area contributed by atoms with Crippen molar-refractivity contribution in [1.82, 2.24) is 5.32 Å². The lowest BCUT2D eigenvalue weighted by Gasteiger charge is -2.12. The zero-order valence-electron chi connectivity index (χ0n) is 13.7. The summed E-state index contributed by atoms with van der Waals surface area (Å²) in [4.78, 5) is 11.8. The highest BCUT2D eigenvalue weighted by molar-refractivity contribution is 7.92. The van der Waals surface area contributed by atoms with E-state index in [0.717, 1.165) is 24.6 Å². The Morgan fingerprint density at radius 1 is 1.20 bits per heavy atom. The topological polar surface area (TPSA) is 75.3 Å². The molecule has 0 fully saturated rings. The number of carbonyl (C=O) groups excluding carboxylic acids is 1. The summed E-state index contributed by atoms with van der Waals surface area (Å²) in [7, 11) is -3.91. The van der Waals surface area contributed by atoms with Crippen LogP contribution in [0.5, 0.6) is 0 Å². The fraction of sp³-hybridized carbons (Fsp3) is 0.235. The fourth-order valence-corrected chi connectivity index (χ4v) is 3.29. The fourth-order valence-electron chi connectivity index (χ4n) is 1.96. The quantitative estimate of drug-likeness (QED) is 0.795. The Bertz CT molecular complexity index is 870. The van der Waals surface area contributed by atoms with E-state index in [4.69, 9.17) is 11.6 Å². The molecular weight excluding hydrogens is 367 g/mol. The molecule has 0 aliphatic carbocycles. The number of sulfonamides is 1. The van der Waals surface area contributed by atoms with Crippen molar-refractivity contribution in [2.24, 2.45) is 0 Å². The summed E-state index contributed by atoms with van der Waals surface area (Å²) < 4.78 is 40.1. The Kier molecular flexibility index (Phi) is 6.02. The summed E-state index contributed by atoms with van der Waals surface area (Å²) >= 11 is 5.62. The van der Waals surface area contributed by atoms with Gasteiger partial charge < -0.3 is 5.32 Å². The maximum absolute atomic E-state index is 13.2. The van der Waals surface area contributed by atoms with E-state index in [-0.39, 0.29) is 27.6 Å². The van der Waals surface area contributed by atoms with E-state index < -0.39 is 15.8 Å². The molecule has 1 amide bonds. The molecule has 0 aromatic heterocycles. The van der Waals surface area contributed by atoms with Crippen LogP contribution in [0.2, 0.25) is 5.02 Å². The molecule has 0 aliphatic rings. The number of anilines is 1. The first-order valence-corrected chi connectivity index (χ1v) is 9.48. The molecule has 0 saturated carbocycles. The summed E-state index contributed by atoms with van der Waals surface area (Å²) in [5.41, 5.74) is 0.702. The van der Waals surface area contributed by atoms with E-state index in [1.165, 1.54) is 24.3 Å². The van der Waals surface area contributed by atoms with E-state index in [1.54, 1.807) is 0 Å². The monoisotopic (exact) mass is 384 g/mol. The smallest absolute Gasteiger partial charge is 0.261 e. The van der Waals surface area contributed by atoms with Gasteiger partial charge in [0.2, 0.25) is 0 Å². The highest BCUT2D eigenvalue weighted by Gasteiger charge is 2.16. The molecule has 0 aliphatic heterocycles. The standard InChI is InChI=1S/C17H18ClFN2O3S/c1-3-11(2)20-17(22)12-4-6-13(7-5-12)21-25(23,24)14-8-9-16(19)15(18)10-14/h4-11,21H,3H2,1-2H3,(H,20,22). The van der Waals surface area contributed by atoms with Gasteiger partial charge in [-0.1, -0.05) is 18.5 Å². The van der Waals surface area contributed by atoms with Gasteiger partial charge in [0.25, 0.3) is 15.9 Å². The van der Waals surface area contributed by atoms with Gasteiger partial charge in [-0.15, -0.1) is 0 Å². The molecule has 0 spiro atoms. The molecule has 1 unspecified atom stereocenters. The van der Waals surface area contributed by atoms with E-state index in [0.29, 0.717) is 5.56 Å². The van der Waals surface area contributed by atoms with Gasteiger partial charge >= 0.3 is 0 Å². The summed E-state index contributed by atoms with van der Waals surface area (Å²) in [5.74, 6) is -0.925. The minimum Gasteiger partial charge on any atom is -0.350 e. The van der Waals surface area contributed by atoms with Gasteiger partial charge in [-0.2, -0.15) is 0 Å². The van der Waals surface area contributed by atoms with Gasteiger partial charge in [-0.05, 0) is 55.8 Å². The average Bonchev–Trinajstić information content (AvgIpc) is 2.57. The van der Waals surface area contributed by atoms with Crippen molar-refractivity contribution < 1.29 is 17.6 Å². The number of rotatable bonds is 6. The molecule has 0 heterocycles. The summed E-state index contributed by atoms with van der Waals surface area (Å²) in [6.07, 6.45) is 0.809. The van der Waals surface area contributed by atoms with Crippen LogP contribution < -0.4 is 10.0 Å². The Balaban J connectivity index is 2.14. The average molecular weight is 385 g/mol. The third-order valence-electron chi connectivity index (χ3n) is 3.59. The van der Waals surface area contributed by atoms with E-state index in [1.807, 2.05) is 13.8 Å². The highest BCUT2D eigenvalue weighted by atomic mass is 35.5. The van der Waals surface area contributed by atoms with Crippen molar-refractivity contribution in [3.05, 3.63) is 58.9 Å². The maximum Gasteiger partial charge on any atom is 0.261 e. The second-order valence-corrected chi connectivity index (χ2v) is 7.63. The molecule has 0 radical (unpaired) electrons. The SMILES string of the molecule is CCC(C)NC(=O)c1ccc(NS(=O)(=O)c2ccc(F)c(Cl)c2)cc1. The van der Waals surface area contributed by atoms with Crippen molar-refractivity contribution in [2.75, 3.05) is 4.72 Å². The third-order valence-corrected chi connectivity index (χ3v) is 5.26. The van der Waals surface area contributed by atoms with Crippen molar-refractivity contribution in [2.45, 2.75) is 31.2 Å². The van der Waals surface area contributed by atoms with Crippen molar-refractivity contribution >= 4 is 33.2 Å². The lowest BCUT2D eigenvalue weighted by Crippen LogP contribution is -2.31. The van der Waals surface area contributed by atoms with Crippen LogP contribution in [0.15, 0.2) is 47.4 Å². The number of halogens is 2. The Hall–Kier alpha value is -2.12. The van der Waals surface area contributed by atoms with E-state index >= 15 is 0 Å². The van der Waals surface area contributed by atoms with Crippen molar-refractivity contribution in [1.29, 1.82) is 0 Å². The minimum atomic E-state index is -3.91. The zero-order valence-corrected chi connectivity index (χ0v) is 15.3. The predicted octanol–water partition coefficient (Wildman–Crippen LogP) is 3.81. The maximum atomic E-state index is 13.2. The number of hydrogen-bond donors (Lipinski definition) is 2. The minimum absolute atomic E-state index is 0.0499. The largest absolute Gasteiger partial charge is 0.350 e. The van der Waals surface area contributed by atoms with E-state index in [2.05, 4.69) is 10.0 Å². The van der Waals surface area contributed by atoms with Crippen LogP contribution in [-0.4, -0.2) is 20.4 Å². The summed E-state index contributed by atoms with van der Waals surface area (Å²) in [6.45, 7) is 3.86. The Labute approximate surface area is 151 Å². The van der Waals surface area contributed by atoms with Crippen LogP contribution in [-0.2, 0) is 10.0 Å². The van der Waals surface area contributed by atoms with Gasteiger partial charge in [0.05, 0.1) is 9.92 Å². The summed E-state index contributed by atoms with van der Waals surface area (Å²) in [5, 5.41) is 2.55. The van der Waals surface area contributed by atoms with Crippen LogP contribution >= 0.6 is 11.6 Å². The van der Waals surface area contributed by atoms with Crippen molar-refractivity contribution in [3.8, 4) is 0 Å². The van der Waals surface area contributed by atoms with Gasteiger partial charge in [0, 0.05) is 17.3 Å². The van der Waals surface area contributed by atoms with Crippen LogP contribution in [0.3, 0.4) is 0 Å². The van der Waals surface area contributed by atoms with Crippen LogP contribution in [0.1, 0.15) is 30.6 Å². The van der Waals surface area contributed by atoms with Gasteiger partial charge in [-0.3, -0.25) is 9.52 Å². The molecule has 1 atom stereocenters. The molecule has 0 bridgehead atoms. The molecule has 8 heteroatoms. The molecule has 5 nitrogen and oxygen atoms in total. The molecule has 134 valence electrons. The molecule has 2 rings (SSSR count). The number of nitrogens with one attached hydrogen (secondary N) is 2. The number of carbonyl (C=O) groups is 1. The lowest BCUT2D eigenvalue weighted by atomic mass is 10.1. The molecular formula is C17H18ClFN2O3S. The molecule has 25 heavy (non-hydrogen) atoms. The number of amides is 1. The second kappa shape index (κ2) is 7.84.